The largest absolute Gasteiger partial charge is 0.378 e. The number of anilines is 2. The number of morpholine rings is 1. The number of rotatable bonds is 3. The molecule has 0 atom stereocenters. The topological polar surface area (TPSA) is 67.4 Å². The molecule has 0 aliphatic carbocycles. The van der Waals surface area contributed by atoms with Gasteiger partial charge in [0.2, 0.25) is 5.95 Å². The summed E-state index contributed by atoms with van der Waals surface area (Å²) in [6, 6.07) is 5.92. The van der Waals surface area contributed by atoms with E-state index in [9.17, 15) is 4.79 Å². The van der Waals surface area contributed by atoms with Crippen molar-refractivity contribution < 1.29 is 9.53 Å². The Morgan fingerprint density at radius 3 is 2.61 bits per heavy atom. The highest BCUT2D eigenvalue weighted by molar-refractivity contribution is 9.10. The van der Waals surface area contributed by atoms with Crippen LogP contribution in [0.5, 0.6) is 0 Å². The number of aryl methyl sites for hydroxylation is 1. The van der Waals surface area contributed by atoms with Crippen molar-refractivity contribution in [3.63, 3.8) is 0 Å². The standard InChI is InChI=1S/C16H17BrN4O2/c1-11-2-3-13(8-14(11)17)20-16-18-9-12(10-19-16)15(22)21-4-6-23-7-5-21/h2-3,8-10H,4-7H2,1H3,(H,18,19,20). The number of aromatic nitrogens is 2. The third kappa shape index (κ3) is 3.86. The highest BCUT2D eigenvalue weighted by Crippen LogP contribution is 2.22. The van der Waals surface area contributed by atoms with E-state index in [-0.39, 0.29) is 5.91 Å². The lowest BCUT2D eigenvalue weighted by atomic mass is 10.2. The Kier molecular flexibility index (Phi) is 4.88. The first-order valence-electron chi connectivity index (χ1n) is 7.36. The smallest absolute Gasteiger partial charge is 0.257 e. The van der Waals surface area contributed by atoms with Crippen LogP contribution in [0.4, 0.5) is 11.6 Å². The van der Waals surface area contributed by atoms with Crippen molar-refractivity contribution in [1.82, 2.24) is 14.9 Å². The van der Waals surface area contributed by atoms with Crippen molar-refractivity contribution in [1.29, 1.82) is 0 Å². The third-order valence-corrected chi connectivity index (χ3v) is 4.48. The van der Waals surface area contributed by atoms with Crippen molar-refractivity contribution in [2.45, 2.75) is 6.92 Å². The van der Waals surface area contributed by atoms with Crippen LogP contribution < -0.4 is 5.32 Å². The Balaban J connectivity index is 1.68. The zero-order chi connectivity index (χ0) is 16.2. The number of halogens is 1. The molecule has 23 heavy (non-hydrogen) atoms. The number of hydrogen-bond acceptors (Lipinski definition) is 5. The molecule has 1 aliphatic heterocycles. The Morgan fingerprint density at radius 2 is 1.96 bits per heavy atom. The van der Waals surface area contributed by atoms with Gasteiger partial charge >= 0.3 is 0 Å². The van der Waals surface area contributed by atoms with Gasteiger partial charge in [0.1, 0.15) is 0 Å². The van der Waals surface area contributed by atoms with Gasteiger partial charge in [-0.05, 0) is 24.6 Å². The van der Waals surface area contributed by atoms with Crippen molar-refractivity contribution in [2.24, 2.45) is 0 Å². The minimum absolute atomic E-state index is 0.0575. The first kappa shape index (κ1) is 15.9. The predicted octanol–water partition coefficient (Wildman–Crippen LogP) is 2.76. The summed E-state index contributed by atoms with van der Waals surface area (Å²) in [5.41, 5.74) is 2.53. The summed E-state index contributed by atoms with van der Waals surface area (Å²) in [4.78, 5) is 22.5. The van der Waals surface area contributed by atoms with Crippen LogP contribution in [0.25, 0.3) is 0 Å². The van der Waals surface area contributed by atoms with Gasteiger partial charge in [-0.15, -0.1) is 0 Å². The maximum Gasteiger partial charge on any atom is 0.257 e. The summed E-state index contributed by atoms with van der Waals surface area (Å²) in [5.74, 6) is 0.400. The minimum atomic E-state index is -0.0575. The molecule has 1 aromatic heterocycles. The van der Waals surface area contributed by atoms with Crippen LogP contribution in [-0.4, -0.2) is 47.1 Å². The van der Waals surface area contributed by atoms with Crippen molar-refractivity contribution >= 4 is 33.5 Å². The number of nitrogens with zero attached hydrogens (tertiary/aromatic N) is 3. The van der Waals surface area contributed by atoms with Gasteiger partial charge in [0.25, 0.3) is 5.91 Å². The monoisotopic (exact) mass is 376 g/mol. The van der Waals surface area contributed by atoms with E-state index in [0.717, 1.165) is 15.7 Å². The van der Waals surface area contributed by atoms with Gasteiger partial charge < -0.3 is 15.0 Å². The number of benzene rings is 1. The van der Waals surface area contributed by atoms with Crippen LogP contribution >= 0.6 is 15.9 Å². The van der Waals surface area contributed by atoms with E-state index in [1.807, 2.05) is 25.1 Å². The van der Waals surface area contributed by atoms with E-state index >= 15 is 0 Å². The average molecular weight is 377 g/mol. The van der Waals surface area contributed by atoms with Gasteiger partial charge in [0.15, 0.2) is 0 Å². The number of nitrogens with one attached hydrogen (secondary N) is 1. The highest BCUT2D eigenvalue weighted by Gasteiger charge is 2.19. The molecule has 0 spiro atoms. The second-order valence-corrected chi connectivity index (χ2v) is 6.14. The molecular formula is C16H17BrN4O2. The zero-order valence-corrected chi connectivity index (χ0v) is 14.3. The summed E-state index contributed by atoms with van der Waals surface area (Å²) >= 11 is 3.49. The molecule has 6 nitrogen and oxygen atoms in total. The molecule has 0 radical (unpaired) electrons. The fraction of sp³-hybridized carbons (Fsp3) is 0.312. The molecule has 7 heteroatoms. The Labute approximate surface area is 143 Å². The van der Waals surface area contributed by atoms with Gasteiger partial charge in [-0.2, -0.15) is 0 Å². The Hall–Kier alpha value is -1.99. The molecule has 1 saturated heterocycles. The van der Waals surface area contributed by atoms with Gasteiger partial charge in [-0.1, -0.05) is 22.0 Å². The van der Waals surface area contributed by atoms with Crippen LogP contribution in [-0.2, 0) is 4.74 Å². The minimum Gasteiger partial charge on any atom is -0.378 e. The van der Waals surface area contributed by atoms with Crippen LogP contribution in [0.3, 0.4) is 0 Å². The molecule has 0 bridgehead atoms. The normalized spacial score (nSPS) is 14.6. The molecule has 1 N–H and O–H groups in total. The molecule has 3 rings (SSSR count). The summed E-state index contributed by atoms with van der Waals surface area (Å²) in [6.07, 6.45) is 3.10. The lowest BCUT2D eigenvalue weighted by molar-refractivity contribution is 0.0302. The van der Waals surface area contributed by atoms with Gasteiger partial charge in [-0.3, -0.25) is 4.79 Å². The van der Waals surface area contributed by atoms with Crippen LogP contribution in [0.15, 0.2) is 35.1 Å². The lowest BCUT2D eigenvalue weighted by Gasteiger charge is -2.26. The SMILES string of the molecule is Cc1ccc(Nc2ncc(C(=O)N3CCOCC3)cn2)cc1Br. The van der Waals surface area contributed by atoms with E-state index in [4.69, 9.17) is 4.74 Å². The van der Waals surface area contributed by atoms with Crippen molar-refractivity contribution in [2.75, 3.05) is 31.6 Å². The average Bonchev–Trinajstić information content (AvgIpc) is 2.59. The summed E-state index contributed by atoms with van der Waals surface area (Å²) in [7, 11) is 0. The van der Waals surface area contributed by atoms with E-state index < -0.39 is 0 Å². The van der Waals surface area contributed by atoms with Crippen molar-refractivity contribution in [3.8, 4) is 0 Å². The first-order chi connectivity index (χ1) is 11.1. The lowest BCUT2D eigenvalue weighted by Crippen LogP contribution is -2.40. The Bertz CT molecular complexity index is 700. The van der Waals surface area contributed by atoms with Crippen molar-refractivity contribution in [3.05, 3.63) is 46.2 Å². The molecule has 0 saturated carbocycles. The first-order valence-corrected chi connectivity index (χ1v) is 8.15. The number of ether oxygens (including phenoxy) is 1. The maximum atomic E-state index is 12.3. The molecular weight excluding hydrogens is 360 g/mol. The van der Waals surface area contributed by atoms with Crippen LogP contribution in [0, 0.1) is 6.92 Å². The molecule has 1 fully saturated rings. The zero-order valence-electron chi connectivity index (χ0n) is 12.8. The maximum absolute atomic E-state index is 12.3. The summed E-state index contributed by atoms with van der Waals surface area (Å²) in [6.45, 7) is 4.39. The van der Waals surface area contributed by atoms with E-state index in [0.29, 0.717) is 37.8 Å². The summed E-state index contributed by atoms with van der Waals surface area (Å²) < 4.78 is 6.27. The molecule has 0 unspecified atom stereocenters. The molecule has 2 heterocycles. The molecule has 1 aromatic carbocycles. The fourth-order valence-electron chi connectivity index (χ4n) is 2.25. The van der Waals surface area contributed by atoms with Crippen LogP contribution in [0.2, 0.25) is 0 Å². The highest BCUT2D eigenvalue weighted by atomic mass is 79.9. The Morgan fingerprint density at radius 1 is 1.26 bits per heavy atom. The number of amides is 1. The molecule has 120 valence electrons. The quantitative estimate of drug-likeness (QED) is 0.891. The molecule has 2 aromatic rings. The number of hydrogen-bond donors (Lipinski definition) is 1. The second-order valence-electron chi connectivity index (χ2n) is 5.29. The van der Waals surface area contributed by atoms with Gasteiger partial charge in [0.05, 0.1) is 18.8 Å². The van der Waals surface area contributed by atoms with Gasteiger partial charge in [-0.25, -0.2) is 9.97 Å². The van der Waals surface area contributed by atoms with E-state index in [1.165, 1.54) is 0 Å². The summed E-state index contributed by atoms with van der Waals surface area (Å²) in [5, 5.41) is 3.12. The number of carbonyl (C=O) groups is 1. The predicted molar refractivity (Wildman–Crippen MR) is 90.9 cm³/mol. The van der Waals surface area contributed by atoms with E-state index in [1.54, 1.807) is 17.3 Å². The van der Waals surface area contributed by atoms with Gasteiger partial charge in [0, 0.05) is 35.6 Å². The third-order valence-electron chi connectivity index (χ3n) is 3.63. The fourth-order valence-corrected chi connectivity index (χ4v) is 2.63. The molecule has 1 aliphatic rings. The van der Waals surface area contributed by atoms with Crippen LogP contribution in [0.1, 0.15) is 15.9 Å². The molecule has 1 amide bonds. The number of carbonyl (C=O) groups excluding carboxylic acids is 1. The second kappa shape index (κ2) is 7.06. The van der Waals surface area contributed by atoms with E-state index in [2.05, 4.69) is 31.2 Å².